The van der Waals surface area contributed by atoms with Crippen molar-refractivity contribution < 1.29 is 9.59 Å². The second-order valence-electron chi connectivity index (χ2n) is 10.7. The van der Waals surface area contributed by atoms with E-state index in [0.717, 1.165) is 36.9 Å². The standard InChI is InChI=1S/C29H34N6O2S2/c1-17(2)18-11-13-19(14-12-18)25-21(15-30)27(31)35(22-9-6-10-23(36)26(22)25)28-33-34-29(39-28)38-16-24(37)32-20-7-4-3-5-8-20/h11-14,17,20,25H,3-10,16,31H2,1-2H3,(H,32,37). The summed E-state index contributed by atoms with van der Waals surface area (Å²) >= 11 is 2.66. The number of nitrogens with two attached hydrogens (primary N) is 1. The van der Waals surface area contributed by atoms with E-state index in [1.54, 1.807) is 4.90 Å². The van der Waals surface area contributed by atoms with Gasteiger partial charge in [-0.3, -0.25) is 14.5 Å². The fraction of sp³-hybridized carbons (Fsp3) is 0.483. The lowest BCUT2D eigenvalue weighted by Crippen LogP contribution is -2.38. The van der Waals surface area contributed by atoms with Crippen LogP contribution in [0.4, 0.5) is 5.13 Å². The largest absolute Gasteiger partial charge is 0.384 e. The Hall–Kier alpha value is -3.16. The van der Waals surface area contributed by atoms with E-state index in [0.29, 0.717) is 45.8 Å². The van der Waals surface area contributed by atoms with Crippen LogP contribution in [-0.4, -0.2) is 33.7 Å². The van der Waals surface area contributed by atoms with Crippen molar-refractivity contribution in [2.75, 3.05) is 10.7 Å². The lowest BCUT2D eigenvalue weighted by molar-refractivity contribution is -0.119. The van der Waals surface area contributed by atoms with Gasteiger partial charge in [-0.05, 0) is 42.7 Å². The predicted octanol–water partition coefficient (Wildman–Crippen LogP) is 5.51. The summed E-state index contributed by atoms with van der Waals surface area (Å²) < 4.78 is 0.644. The third kappa shape index (κ3) is 5.75. The normalized spacial score (nSPS) is 20.3. The van der Waals surface area contributed by atoms with Crippen LogP contribution in [-0.2, 0) is 9.59 Å². The Kier molecular flexibility index (Phi) is 8.38. The highest BCUT2D eigenvalue weighted by Gasteiger charge is 2.41. The van der Waals surface area contributed by atoms with Crippen LogP contribution in [0.3, 0.4) is 0 Å². The van der Waals surface area contributed by atoms with Gasteiger partial charge in [0.25, 0.3) is 0 Å². The molecule has 1 amide bonds. The SMILES string of the molecule is CC(C)c1ccc(C2C(C#N)=C(N)N(c3nnc(SCC(=O)NC4CCCCC4)s3)C3=C2C(=O)CCC3)cc1. The molecule has 1 aromatic carbocycles. The number of Topliss-reactive ketones (excluding diaryl/α,β-unsaturated/α-hetero) is 1. The van der Waals surface area contributed by atoms with E-state index in [1.165, 1.54) is 35.1 Å². The Balaban J connectivity index is 1.41. The highest BCUT2D eigenvalue weighted by atomic mass is 32.2. The Bertz CT molecular complexity index is 1350. The van der Waals surface area contributed by atoms with Gasteiger partial charge in [-0.15, -0.1) is 10.2 Å². The van der Waals surface area contributed by atoms with Gasteiger partial charge in [0.2, 0.25) is 11.0 Å². The van der Waals surface area contributed by atoms with Crippen molar-refractivity contribution in [3.63, 3.8) is 0 Å². The second kappa shape index (κ2) is 11.9. The summed E-state index contributed by atoms with van der Waals surface area (Å²) in [5.41, 5.74) is 10.5. The van der Waals surface area contributed by atoms with E-state index < -0.39 is 5.92 Å². The zero-order valence-corrected chi connectivity index (χ0v) is 24.0. The minimum absolute atomic E-state index is 0.00185. The molecule has 2 heterocycles. The molecule has 8 nitrogen and oxygen atoms in total. The van der Waals surface area contributed by atoms with Crippen LogP contribution in [0, 0.1) is 11.3 Å². The molecule has 2 aromatic rings. The number of nitriles is 1. The van der Waals surface area contributed by atoms with Crippen molar-refractivity contribution >= 4 is 39.9 Å². The molecule has 1 unspecified atom stereocenters. The Morgan fingerprint density at radius 2 is 1.92 bits per heavy atom. The van der Waals surface area contributed by atoms with Crippen LogP contribution in [0.15, 0.2) is 51.3 Å². The Morgan fingerprint density at radius 1 is 1.18 bits per heavy atom. The number of rotatable bonds is 7. The molecule has 1 fully saturated rings. The molecule has 1 saturated carbocycles. The molecule has 1 atom stereocenters. The van der Waals surface area contributed by atoms with Gasteiger partial charge in [0.15, 0.2) is 10.1 Å². The first-order valence-electron chi connectivity index (χ1n) is 13.7. The molecule has 3 N–H and O–H groups in total. The number of hydrogen-bond donors (Lipinski definition) is 2. The topological polar surface area (TPSA) is 125 Å². The van der Waals surface area contributed by atoms with Crippen molar-refractivity contribution in [2.24, 2.45) is 5.73 Å². The molecule has 0 saturated heterocycles. The molecule has 3 aliphatic rings. The highest BCUT2D eigenvalue weighted by molar-refractivity contribution is 8.01. The maximum Gasteiger partial charge on any atom is 0.230 e. The number of carbonyl (C=O) groups is 2. The number of amides is 1. The zero-order valence-electron chi connectivity index (χ0n) is 22.4. The average molecular weight is 563 g/mol. The summed E-state index contributed by atoms with van der Waals surface area (Å²) in [4.78, 5) is 27.6. The number of nitrogens with one attached hydrogen (secondary N) is 1. The fourth-order valence-electron chi connectivity index (χ4n) is 5.71. The molecule has 39 heavy (non-hydrogen) atoms. The monoisotopic (exact) mass is 562 g/mol. The summed E-state index contributed by atoms with van der Waals surface area (Å²) in [6.07, 6.45) is 7.47. The maximum atomic E-state index is 13.3. The minimum atomic E-state index is -0.500. The number of benzene rings is 1. The van der Waals surface area contributed by atoms with E-state index in [-0.39, 0.29) is 29.3 Å². The second-order valence-corrected chi connectivity index (χ2v) is 12.9. The number of allylic oxidation sites excluding steroid dienone is 3. The van der Waals surface area contributed by atoms with Crippen LogP contribution in [0.2, 0.25) is 0 Å². The van der Waals surface area contributed by atoms with Crippen molar-refractivity contribution in [2.45, 2.75) is 87.4 Å². The molecule has 1 aliphatic heterocycles. The van der Waals surface area contributed by atoms with Crippen molar-refractivity contribution in [1.29, 1.82) is 5.26 Å². The molecular formula is C29H34N6O2S2. The lowest BCUT2D eigenvalue weighted by atomic mass is 9.75. The summed E-state index contributed by atoms with van der Waals surface area (Å²) in [5.74, 6) is 0.471. The maximum absolute atomic E-state index is 13.3. The van der Waals surface area contributed by atoms with E-state index >= 15 is 0 Å². The third-order valence-corrected chi connectivity index (χ3v) is 9.78. The summed E-state index contributed by atoms with van der Waals surface area (Å²) in [7, 11) is 0. The van der Waals surface area contributed by atoms with Crippen molar-refractivity contribution in [3.8, 4) is 6.07 Å². The first kappa shape index (κ1) is 27.4. The highest BCUT2D eigenvalue weighted by Crippen LogP contribution is 2.47. The Labute approximate surface area is 237 Å². The van der Waals surface area contributed by atoms with Crippen molar-refractivity contribution in [1.82, 2.24) is 15.5 Å². The first-order chi connectivity index (χ1) is 18.9. The average Bonchev–Trinajstić information content (AvgIpc) is 3.40. The van der Waals surface area contributed by atoms with Gasteiger partial charge in [-0.25, -0.2) is 0 Å². The molecule has 204 valence electrons. The minimum Gasteiger partial charge on any atom is -0.384 e. The molecule has 0 spiro atoms. The summed E-state index contributed by atoms with van der Waals surface area (Å²) in [5, 5.41) is 22.5. The number of aromatic nitrogens is 2. The van der Waals surface area contributed by atoms with Gasteiger partial charge in [-0.1, -0.05) is 80.5 Å². The van der Waals surface area contributed by atoms with Gasteiger partial charge in [-0.2, -0.15) is 5.26 Å². The van der Waals surface area contributed by atoms with Gasteiger partial charge in [0.05, 0.1) is 23.3 Å². The number of carbonyl (C=O) groups excluding carboxylic acids is 2. The lowest BCUT2D eigenvalue weighted by Gasteiger charge is -2.38. The number of hydrogen-bond acceptors (Lipinski definition) is 9. The van der Waals surface area contributed by atoms with Crippen LogP contribution >= 0.6 is 23.1 Å². The summed E-state index contributed by atoms with van der Waals surface area (Å²) in [6, 6.07) is 10.7. The molecular weight excluding hydrogens is 528 g/mol. The van der Waals surface area contributed by atoms with Crippen LogP contribution in [0.5, 0.6) is 0 Å². The van der Waals surface area contributed by atoms with Gasteiger partial charge in [0.1, 0.15) is 5.82 Å². The van der Waals surface area contributed by atoms with E-state index in [9.17, 15) is 14.9 Å². The van der Waals surface area contributed by atoms with Crippen LogP contribution in [0.1, 0.15) is 88.2 Å². The van der Waals surface area contributed by atoms with Gasteiger partial charge >= 0.3 is 0 Å². The molecule has 1 aromatic heterocycles. The quantitative estimate of drug-likeness (QED) is 0.424. The molecule has 5 rings (SSSR count). The fourth-order valence-corrected chi connectivity index (χ4v) is 7.40. The number of anilines is 1. The third-order valence-electron chi connectivity index (χ3n) is 7.73. The van der Waals surface area contributed by atoms with Crippen molar-refractivity contribution in [3.05, 3.63) is 58.1 Å². The zero-order chi connectivity index (χ0) is 27.5. The number of ketones is 1. The number of nitrogens with zero attached hydrogens (tertiary/aromatic N) is 4. The van der Waals surface area contributed by atoms with Gasteiger partial charge in [0, 0.05) is 23.7 Å². The van der Waals surface area contributed by atoms with E-state index in [2.05, 4.69) is 47.6 Å². The number of thioether (sulfide) groups is 1. The predicted molar refractivity (Wildman–Crippen MR) is 154 cm³/mol. The van der Waals surface area contributed by atoms with Gasteiger partial charge < -0.3 is 11.1 Å². The van der Waals surface area contributed by atoms with Crippen LogP contribution in [0.25, 0.3) is 0 Å². The molecule has 0 radical (unpaired) electrons. The van der Waals surface area contributed by atoms with E-state index in [1.807, 2.05) is 12.1 Å². The smallest absolute Gasteiger partial charge is 0.230 e. The molecule has 10 heteroatoms. The Morgan fingerprint density at radius 3 is 2.62 bits per heavy atom. The molecule has 0 bridgehead atoms. The van der Waals surface area contributed by atoms with E-state index in [4.69, 9.17) is 5.73 Å². The van der Waals surface area contributed by atoms with Crippen LogP contribution < -0.4 is 16.0 Å². The first-order valence-corrected chi connectivity index (χ1v) is 15.5. The summed E-state index contributed by atoms with van der Waals surface area (Å²) in [6.45, 7) is 4.27. The molecule has 2 aliphatic carbocycles.